The maximum atomic E-state index is 5.53. The summed E-state index contributed by atoms with van der Waals surface area (Å²) >= 11 is 5.53. The van der Waals surface area contributed by atoms with Crippen LogP contribution in [-0.4, -0.2) is 17.5 Å². The SMILES string of the molecule is CC1CC=CC=C1CCNC(=S)/[NH+]=C(\Nc1ccccc1)c1ccccc1. The average molecular weight is 377 g/mol. The number of rotatable bonds is 5. The van der Waals surface area contributed by atoms with Gasteiger partial charge in [0.05, 0.1) is 12.2 Å². The van der Waals surface area contributed by atoms with Crippen LogP contribution in [0.2, 0.25) is 0 Å². The lowest BCUT2D eigenvalue weighted by Crippen LogP contribution is -2.82. The molecule has 0 fully saturated rings. The topological polar surface area (TPSA) is 38.0 Å². The molecule has 0 heterocycles. The fourth-order valence-electron chi connectivity index (χ4n) is 3.04. The van der Waals surface area contributed by atoms with Gasteiger partial charge in [0, 0.05) is 5.56 Å². The van der Waals surface area contributed by atoms with Gasteiger partial charge < -0.3 is 0 Å². The van der Waals surface area contributed by atoms with Crippen molar-refractivity contribution in [3.63, 3.8) is 0 Å². The van der Waals surface area contributed by atoms with E-state index >= 15 is 0 Å². The van der Waals surface area contributed by atoms with Gasteiger partial charge in [0.25, 0.3) is 5.11 Å². The second kappa shape index (κ2) is 9.83. The van der Waals surface area contributed by atoms with Crippen LogP contribution in [0.25, 0.3) is 0 Å². The summed E-state index contributed by atoms with van der Waals surface area (Å²) in [6, 6.07) is 20.2. The number of nitrogens with one attached hydrogen (secondary N) is 3. The second-order valence-corrected chi connectivity index (χ2v) is 7.08. The Balaban J connectivity index is 1.66. The highest BCUT2D eigenvalue weighted by Gasteiger charge is 2.12. The van der Waals surface area contributed by atoms with Crippen LogP contribution < -0.4 is 15.6 Å². The largest absolute Gasteiger partial charge is 0.296 e. The summed E-state index contributed by atoms with van der Waals surface area (Å²) in [5.41, 5.74) is 3.54. The molecule has 0 bridgehead atoms. The van der Waals surface area contributed by atoms with Gasteiger partial charge in [-0.05, 0) is 55.2 Å². The van der Waals surface area contributed by atoms with E-state index < -0.39 is 0 Å². The number of allylic oxidation sites excluding steroid dienone is 3. The summed E-state index contributed by atoms with van der Waals surface area (Å²) in [5, 5.41) is 7.38. The molecule has 1 atom stereocenters. The zero-order chi connectivity index (χ0) is 18.9. The van der Waals surface area contributed by atoms with Crippen molar-refractivity contribution in [1.82, 2.24) is 5.32 Å². The summed E-state index contributed by atoms with van der Waals surface area (Å²) in [6.45, 7) is 3.10. The Hall–Kier alpha value is -2.72. The highest BCUT2D eigenvalue weighted by Crippen LogP contribution is 2.21. The highest BCUT2D eigenvalue weighted by molar-refractivity contribution is 7.79. The van der Waals surface area contributed by atoms with Gasteiger partial charge in [-0.15, -0.1) is 0 Å². The van der Waals surface area contributed by atoms with Crippen molar-refractivity contribution in [2.45, 2.75) is 19.8 Å². The summed E-state index contributed by atoms with van der Waals surface area (Å²) < 4.78 is 0. The number of thiocarbonyl (C=S) groups is 1. The van der Waals surface area contributed by atoms with Crippen LogP contribution in [0.1, 0.15) is 25.3 Å². The van der Waals surface area contributed by atoms with Gasteiger partial charge in [-0.25, -0.2) is 4.99 Å². The van der Waals surface area contributed by atoms with Crippen LogP contribution in [0, 0.1) is 5.92 Å². The molecule has 0 spiro atoms. The molecule has 1 aliphatic rings. The molecule has 0 aliphatic heterocycles. The van der Waals surface area contributed by atoms with Crippen molar-refractivity contribution >= 4 is 28.9 Å². The minimum Gasteiger partial charge on any atom is -0.296 e. The molecule has 2 aromatic carbocycles. The number of para-hydroxylation sites is 1. The smallest absolute Gasteiger partial charge is 0.287 e. The second-order valence-electron chi connectivity index (χ2n) is 6.67. The van der Waals surface area contributed by atoms with Gasteiger partial charge in [-0.2, -0.15) is 0 Å². The van der Waals surface area contributed by atoms with Crippen LogP contribution in [0.4, 0.5) is 5.69 Å². The van der Waals surface area contributed by atoms with Crippen molar-refractivity contribution in [3.05, 3.63) is 90.0 Å². The lowest BCUT2D eigenvalue weighted by molar-refractivity contribution is -0.315. The number of hydrogen-bond donors (Lipinski definition) is 3. The summed E-state index contributed by atoms with van der Waals surface area (Å²) in [4.78, 5) is 3.32. The van der Waals surface area contributed by atoms with E-state index in [0.29, 0.717) is 11.0 Å². The summed E-state index contributed by atoms with van der Waals surface area (Å²) in [7, 11) is 0. The van der Waals surface area contributed by atoms with Crippen molar-refractivity contribution in [1.29, 1.82) is 0 Å². The third-order valence-corrected chi connectivity index (χ3v) is 4.86. The van der Waals surface area contributed by atoms with E-state index in [-0.39, 0.29) is 0 Å². The van der Waals surface area contributed by atoms with E-state index in [4.69, 9.17) is 12.2 Å². The van der Waals surface area contributed by atoms with E-state index in [1.807, 2.05) is 48.5 Å². The fourth-order valence-corrected chi connectivity index (χ4v) is 3.25. The minimum atomic E-state index is 0.615. The molecule has 0 radical (unpaired) electrons. The molecule has 27 heavy (non-hydrogen) atoms. The Morgan fingerprint density at radius 2 is 1.78 bits per heavy atom. The molecular formula is C23H26N3S+. The maximum absolute atomic E-state index is 5.53. The number of hydrogen-bond acceptors (Lipinski definition) is 1. The monoisotopic (exact) mass is 376 g/mol. The Morgan fingerprint density at radius 3 is 2.48 bits per heavy atom. The molecule has 138 valence electrons. The summed E-state index contributed by atoms with van der Waals surface area (Å²) in [5.74, 6) is 1.48. The molecule has 4 heteroatoms. The van der Waals surface area contributed by atoms with Crippen LogP contribution in [0.3, 0.4) is 0 Å². The van der Waals surface area contributed by atoms with Crippen molar-refractivity contribution < 1.29 is 4.99 Å². The quantitative estimate of drug-likeness (QED) is 0.425. The third kappa shape index (κ3) is 5.90. The molecule has 1 unspecified atom stereocenters. The van der Waals surface area contributed by atoms with Gasteiger partial charge in [0.2, 0.25) is 5.84 Å². The van der Waals surface area contributed by atoms with Crippen molar-refractivity contribution in [2.24, 2.45) is 5.92 Å². The Kier molecular flexibility index (Phi) is 6.94. The first-order chi connectivity index (χ1) is 13.2. The molecule has 0 saturated carbocycles. The first-order valence-electron chi connectivity index (χ1n) is 9.37. The first kappa shape index (κ1) is 19.1. The number of anilines is 1. The lowest BCUT2D eigenvalue weighted by atomic mass is 9.91. The highest BCUT2D eigenvalue weighted by atomic mass is 32.1. The maximum Gasteiger partial charge on any atom is 0.287 e. The fraction of sp³-hybridized carbons (Fsp3) is 0.217. The number of amidine groups is 1. The minimum absolute atomic E-state index is 0.615. The van der Waals surface area contributed by atoms with Crippen molar-refractivity contribution in [3.8, 4) is 0 Å². The summed E-state index contributed by atoms with van der Waals surface area (Å²) in [6.07, 6.45) is 8.73. The van der Waals surface area contributed by atoms with E-state index in [1.54, 1.807) is 0 Å². The Bertz CT molecular complexity index is 838. The van der Waals surface area contributed by atoms with Gasteiger partial charge in [-0.1, -0.05) is 67.1 Å². The molecule has 3 rings (SSSR count). The molecular weight excluding hydrogens is 350 g/mol. The predicted octanol–water partition coefficient (Wildman–Crippen LogP) is 3.41. The van der Waals surface area contributed by atoms with Crippen LogP contribution in [-0.2, 0) is 0 Å². The normalized spacial score (nSPS) is 16.6. The molecule has 0 amide bonds. The molecule has 0 aromatic heterocycles. The molecule has 2 aromatic rings. The van der Waals surface area contributed by atoms with E-state index in [1.165, 1.54) is 5.57 Å². The number of benzene rings is 2. The van der Waals surface area contributed by atoms with Crippen molar-refractivity contribution in [2.75, 3.05) is 11.9 Å². The van der Waals surface area contributed by atoms with Gasteiger partial charge in [0.1, 0.15) is 0 Å². The Labute approximate surface area is 166 Å². The average Bonchev–Trinajstić information content (AvgIpc) is 2.70. The first-order valence-corrected chi connectivity index (χ1v) is 9.78. The zero-order valence-corrected chi connectivity index (χ0v) is 16.4. The van der Waals surface area contributed by atoms with Gasteiger partial charge in [0.15, 0.2) is 0 Å². The van der Waals surface area contributed by atoms with E-state index in [9.17, 15) is 0 Å². The molecule has 3 nitrogen and oxygen atoms in total. The predicted molar refractivity (Wildman–Crippen MR) is 118 cm³/mol. The molecule has 0 saturated heterocycles. The van der Waals surface area contributed by atoms with Crippen LogP contribution >= 0.6 is 12.2 Å². The van der Waals surface area contributed by atoms with E-state index in [2.05, 4.69) is 52.9 Å². The molecule has 3 N–H and O–H groups in total. The standard InChI is InChI=1S/C23H25N3S/c1-18-10-8-9-11-19(18)16-17-24-23(27)26-22(20-12-4-2-5-13-20)25-21-14-6-3-7-15-21/h2-9,11-15,18H,10,16-17H2,1H3,(H2,24,25,26,27)/p+1. The van der Waals surface area contributed by atoms with Crippen LogP contribution in [0.15, 0.2) is 84.5 Å². The Morgan fingerprint density at radius 1 is 1.07 bits per heavy atom. The molecule has 1 aliphatic carbocycles. The zero-order valence-electron chi connectivity index (χ0n) is 15.6. The van der Waals surface area contributed by atoms with Crippen LogP contribution in [0.5, 0.6) is 0 Å². The van der Waals surface area contributed by atoms with Gasteiger partial charge >= 0.3 is 0 Å². The van der Waals surface area contributed by atoms with Gasteiger partial charge in [-0.3, -0.25) is 10.6 Å². The van der Waals surface area contributed by atoms with E-state index in [0.717, 1.165) is 36.5 Å². The third-order valence-electron chi connectivity index (χ3n) is 4.61. The lowest BCUT2D eigenvalue weighted by Gasteiger charge is -2.16.